The van der Waals surface area contributed by atoms with E-state index in [-0.39, 0.29) is 6.04 Å². The second-order valence-corrected chi connectivity index (χ2v) is 5.48. The molecular weight excluding hydrogens is 281 g/mol. The molecule has 0 spiro atoms. The van der Waals surface area contributed by atoms with Crippen molar-refractivity contribution in [3.05, 3.63) is 40.3 Å². The molecule has 0 aliphatic carbocycles. The Hall–Kier alpha value is -1.03. The van der Waals surface area contributed by atoms with Crippen LogP contribution < -0.4 is 5.73 Å². The van der Waals surface area contributed by atoms with Crippen molar-refractivity contribution in [1.29, 1.82) is 0 Å². The molecule has 3 nitrogen and oxygen atoms in total. The minimum absolute atomic E-state index is 0.100. The molecule has 1 heterocycles. The summed E-state index contributed by atoms with van der Waals surface area (Å²) < 4.78 is 0. The largest absolute Gasteiger partial charge is 0.341 e. The van der Waals surface area contributed by atoms with Gasteiger partial charge in [-0.25, -0.2) is 4.98 Å². The van der Waals surface area contributed by atoms with Crippen LogP contribution in [0.1, 0.15) is 32.1 Å². The van der Waals surface area contributed by atoms with E-state index in [9.17, 15) is 0 Å². The van der Waals surface area contributed by atoms with Crippen molar-refractivity contribution in [3.8, 4) is 11.3 Å². The predicted molar refractivity (Wildman–Crippen MR) is 80.4 cm³/mol. The molecule has 2 atom stereocenters. The lowest BCUT2D eigenvalue weighted by Crippen LogP contribution is -2.19. The van der Waals surface area contributed by atoms with Gasteiger partial charge in [-0.2, -0.15) is 0 Å². The highest BCUT2D eigenvalue weighted by atomic mass is 35.5. The van der Waals surface area contributed by atoms with Crippen molar-refractivity contribution in [2.75, 3.05) is 0 Å². The van der Waals surface area contributed by atoms with Crippen molar-refractivity contribution in [2.45, 2.75) is 26.3 Å². The minimum atomic E-state index is -0.100. The molecule has 0 saturated heterocycles. The van der Waals surface area contributed by atoms with Crippen LogP contribution in [0, 0.1) is 5.92 Å². The highest BCUT2D eigenvalue weighted by molar-refractivity contribution is 6.43. The van der Waals surface area contributed by atoms with E-state index in [1.165, 1.54) is 0 Å². The van der Waals surface area contributed by atoms with Gasteiger partial charge in [-0.1, -0.05) is 55.6 Å². The predicted octanol–water partition coefficient (Wildman–Crippen LogP) is 4.43. The highest BCUT2D eigenvalue weighted by Crippen LogP contribution is 2.33. The van der Waals surface area contributed by atoms with Gasteiger partial charge in [0.15, 0.2) is 0 Å². The SMILES string of the molecule is CCC(C)C(N)c1ncc(-c2cccc(Cl)c2Cl)[nH]1. The van der Waals surface area contributed by atoms with Gasteiger partial charge in [0.2, 0.25) is 0 Å². The Kier molecular flexibility index (Phi) is 4.50. The monoisotopic (exact) mass is 297 g/mol. The smallest absolute Gasteiger partial charge is 0.123 e. The molecule has 2 rings (SSSR count). The molecular formula is C14H17Cl2N3. The summed E-state index contributed by atoms with van der Waals surface area (Å²) in [5.41, 5.74) is 7.83. The summed E-state index contributed by atoms with van der Waals surface area (Å²) in [6.45, 7) is 4.22. The average Bonchev–Trinajstić information content (AvgIpc) is 2.89. The third kappa shape index (κ3) is 2.94. The van der Waals surface area contributed by atoms with E-state index in [4.69, 9.17) is 28.9 Å². The Morgan fingerprint density at radius 1 is 1.37 bits per heavy atom. The maximum Gasteiger partial charge on any atom is 0.123 e. The topological polar surface area (TPSA) is 54.7 Å². The lowest BCUT2D eigenvalue weighted by molar-refractivity contribution is 0.441. The molecule has 102 valence electrons. The van der Waals surface area contributed by atoms with Crippen LogP contribution in [-0.2, 0) is 0 Å². The molecule has 0 aliphatic rings. The lowest BCUT2D eigenvalue weighted by atomic mass is 10.00. The number of rotatable bonds is 4. The van der Waals surface area contributed by atoms with E-state index >= 15 is 0 Å². The summed E-state index contributed by atoms with van der Waals surface area (Å²) in [6.07, 6.45) is 2.75. The minimum Gasteiger partial charge on any atom is -0.341 e. The first-order valence-corrected chi connectivity index (χ1v) is 7.05. The third-order valence-electron chi connectivity index (χ3n) is 3.41. The van der Waals surface area contributed by atoms with Gasteiger partial charge in [0.25, 0.3) is 0 Å². The maximum atomic E-state index is 6.20. The van der Waals surface area contributed by atoms with E-state index in [1.54, 1.807) is 12.3 Å². The zero-order chi connectivity index (χ0) is 14.0. The first-order chi connectivity index (χ1) is 9.04. The van der Waals surface area contributed by atoms with Gasteiger partial charge in [0.1, 0.15) is 5.82 Å². The zero-order valence-electron chi connectivity index (χ0n) is 11.0. The van der Waals surface area contributed by atoms with Gasteiger partial charge < -0.3 is 10.7 Å². The van der Waals surface area contributed by atoms with Crippen LogP contribution in [0.2, 0.25) is 10.0 Å². The summed E-state index contributed by atoms with van der Waals surface area (Å²) in [5.74, 6) is 1.15. The number of imidazole rings is 1. The third-order valence-corrected chi connectivity index (χ3v) is 4.23. The second kappa shape index (κ2) is 5.95. The molecule has 1 aromatic heterocycles. The van der Waals surface area contributed by atoms with E-state index in [2.05, 4.69) is 23.8 Å². The van der Waals surface area contributed by atoms with E-state index in [0.29, 0.717) is 16.0 Å². The number of hydrogen-bond acceptors (Lipinski definition) is 2. The van der Waals surface area contributed by atoms with Crippen molar-refractivity contribution >= 4 is 23.2 Å². The van der Waals surface area contributed by atoms with Crippen LogP contribution in [0.3, 0.4) is 0 Å². The molecule has 3 N–H and O–H groups in total. The number of halogens is 2. The Morgan fingerprint density at radius 2 is 2.11 bits per heavy atom. The number of H-pyrrole nitrogens is 1. The Labute approximate surface area is 123 Å². The maximum absolute atomic E-state index is 6.20. The van der Waals surface area contributed by atoms with Gasteiger partial charge in [-0.3, -0.25) is 0 Å². The summed E-state index contributed by atoms with van der Waals surface area (Å²) in [4.78, 5) is 7.58. The van der Waals surface area contributed by atoms with Crippen LogP contribution in [0.4, 0.5) is 0 Å². The number of nitrogens with two attached hydrogens (primary N) is 1. The van der Waals surface area contributed by atoms with Crippen LogP contribution >= 0.6 is 23.2 Å². The Bertz CT molecular complexity index is 566. The van der Waals surface area contributed by atoms with Crippen LogP contribution in [0.15, 0.2) is 24.4 Å². The van der Waals surface area contributed by atoms with Gasteiger partial charge in [0, 0.05) is 5.56 Å². The Balaban J connectivity index is 2.33. The van der Waals surface area contributed by atoms with Crippen molar-refractivity contribution in [3.63, 3.8) is 0 Å². The van der Waals surface area contributed by atoms with E-state index < -0.39 is 0 Å². The second-order valence-electron chi connectivity index (χ2n) is 4.69. The fraction of sp³-hybridized carbons (Fsp3) is 0.357. The molecule has 0 amide bonds. The van der Waals surface area contributed by atoms with Crippen LogP contribution in [0.5, 0.6) is 0 Å². The molecule has 0 aliphatic heterocycles. The fourth-order valence-electron chi connectivity index (χ4n) is 1.88. The van der Waals surface area contributed by atoms with Gasteiger partial charge in [0.05, 0.1) is 28.0 Å². The molecule has 5 heteroatoms. The first-order valence-electron chi connectivity index (χ1n) is 6.29. The number of nitrogens with zero attached hydrogens (tertiary/aromatic N) is 1. The summed E-state index contributed by atoms with van der Waals surface area (Å²) >= 11 is 12.2. The van der Waals surface area contributed by atoms with Crippen LogP contribution in [0.25, 0.3) is 11.3 Å². The standard InChI is InChI=1S/C14H17Cl2N3/c1-3-8(2)13(17)14-18-7-11(19-14)9-5-4-6-10(15)12(9)16/h4-8,13H,3,17H2,1-2H3,(H,18,19). The quantitative estimate of drug-likeness (QED) is 0.877. The summed E-state index contributed by atoms with van der Waals surface area (Å²) in [5, 5.41) is 1.05. The van der Waals surface area contributed by atoms with Crippen molar-refractivity contribution in [2.24, 2.45) is 11.7 Å². The van der Waals surface area contributed by atoms with Crippen molar-refractivity contribution in [1.82, 2.24) is 9.97 Å². The molecule has 0 radical (unpaired) electrons. The molecule has 0 saturated carbocycles. The average molecular weight is 298 g/mol. The zero-order valence-corrected chi connectivity index (χ0v) is 12.5. The molecule has 0 bridgehead atoms. The molecule has 2 aromatic rings. The number of aromatic nitrogens is 2. The van der Waals surface area contributed by atoms with Crippen molar-refractivity contribution < 1.29 is 0 Å². The van der Waals surface area contributed by atoms with E-state index in [1.807, 2.05) is 12.1 Å². The lowest BCUT2D eigenvalue weighted by Gasteiger charge is -2.15. The summed E-state index contributed by atoms with van der Waals surface area (Å²) in [7, 11) is 0. The number of hydrogen-bond donors (Lipinski definition) is 2. The van der Waals surface area contributed by atoms with Crippen LogP contribution in [-0.4, -0.2) is 9.97 Å². The highest BCUT2D eigenvalue weighted by Gasteiger charge is 2.17. The normalized spacial score (nSPS) is 14.4. The number of benzene rings is 1. The summed E-state index contributed by atoms with van der Waals surface area (Å²) in [6, 6.07) is 5.42. The number of nitrogens with one attached hydrogen (secondary N) is 1. The molecule has 19 heavy (non-hydrogen) atoms. The number of aromatic amines is 1. The molecule has 1 aromatic carbocycles. The van der Waals surface area contributed by atoms with E-state index in [0.717, 1.165) is 23.5 Å². The molecule has 0 fully saturated rings. The van der Waals surface area contributed by atoms with Gasteiger partial charge in [-0.05, 0) is 12.0 Å². The first kappa shape index (κ1) is 14.4. The van der Waals surface area contributed by atoms with Gasteiger partial charge in [-0.15, -0.1) is 0 Å². The molecule has 2 unspecified atom stereocenters. The Morgan fingerprint density at radius 3 is 2.79 bits per heavy atom. The fourth-order valence-corrected chi connectivity index (χ4v) is 2.28. The van der Waals surface area contributed by atoms with Gasteiger partial charge >= 0.3 is 0 Å².